The van der Waals surface area contributed by atoms with Crippen LogP contribution in [0.3, 0.4) is 0 Å². The molecule has 2 bridgehead atoms. The average molecular weight is 182 g/mol. The Labute approximate surface area is 79.5 Å². The predicted molar refractivity (Wildman–Crippen MR) is 53.2 cm³/mol. The van der Waals surface area contributed by atoms with Gasteiger partial charge in [-0.3, -0.25) is 9.89 Å². The fourth-order valence-corrected chi connectivity index (χ4v) is 2.55. The Bertz CT molecular complexity index is 199. The normalized spacial score (nSPS) is 37.2. The van der Waals surface area contributed by atoms with E-state index in [0.29, 0.717) is 6.54 Å². The predicted octanol–water partition coefficient (Wildman–Crippen LogP) is 0.676. The van der Waals surface area contributed by atoms with Crippen LogP contribution in [0.2, 0.25) is 0 Å². The lowest BCUT2D eigenvalue weighted by molar-refractivity contribution is 0.230. The molecule has 2 aliphatic rings. The van der Waals surface area contributed by atoms with Gasteiger partial charge >= 0.3 is 0 Å². The minimum absolute atomic E-state index is 0.189. The summed E-state index contributed by atoms with van der Waals surface area (Å²) in [6, 6.07) is 1.47. The van der Waals surface area contributed by atoms with E-state index in [2.05, 4.69) is 16.9 Å². The van der Waals surface area contributed by atoms with E-state index in [4.69, 9.17) is 5.11 Å². The molecular formula is C10H18N2O. The fourth-order valence-electron chi connectivity index (χ4n) is 2.55. The van der Waals surface area contributed by atoms with E-state index in [1.54, 1.807) is 0 Å². The molecule has 3 heteroatoms. The molecule has 2 aliphatic heterocycles. The second-order valence-corrected chi connectivity index (χ2v) is 4.13. The van der Waals surface area contributed by atoms with Gasteiger partial charge in [-0.05, 0) is 19.9 Å². The molecule has 2 heterocycles. The molecule has 0 aromatic heterocycles. The average Bonchev–Trinajstić information content (AvgIpc) is 2.41. The first-order valence-electron chi connectivity index (χ1n) is 5.16. The lowest BCUT2D eigenvalue weighted by atomic mass is 10.0. The number of hydrogen-bond donors (Lipinski definition) is 1. The molecule has 0 amide bonds. The van der Waals surface area contributed by atoms with Crippen LogP contribution >= 0.6 is 0 Å². The van der Waals surface area contributed by atoms with Crippen molar-refractivity contribution in [2.24, 2.45) is 4.99 Å². The molecule has 13 heavy (non-hydrogen) atoms. The van der Waals surface area contributed by atoms with Crippen molar-refractivity contribution >= 4 is 5.71 Å². The van der Waals surface area contributed by atoms with E-state index in [0.717, 1.165) is 24.9 Å². The first-order valence-corrected chi connectivity index (χ1v) is 5.16. The van der Waals surface area contributed by atoms with Gasteiger partial charge in [-0.25, -0.2) is 0 Å². The zero-order valence-corrected chi connectivity index (χ0v) is 8.24. The number of hydrogen-bond acceptors (Lipinski definition) is 3. The van der Waals surface area contributed by atoms with Gasteiger partial charge in [0.2, 0.25) is 0 Å². The summed E-state index contributed by atoms with van der Waals surface area (Å²) in [5.74, 6) is 0. The van der Waals surface area contributed by atoms with Gasteiger partial charge in [0, 0.05) is 30.6 Å². The van der Waals surface area contributed by atoms with Gasteiger partial charge in [0.25, 0.3) is 0 Å². The van der Waals surface area contributed by atoms with Gasteiger partial charge in [-0.2, -0.15) is 0 Å². The van der Waals surface area contributed by atoms with Gasteiger partial charge in [-0.15, -0.1) is 0 Å². The summed E-state index contributed by atoms with van der Waals surface area (Å²) in [4.78, 5) is 6.91. The van der Waals surface area contributed by atoms with Crippen molar-refractivity contribution in [1.29, 1.82) is 0 Å². The third-order valence-electron chi connectivity index (χ3n) is 3.36. The lowest BCUT2D eigenvalue weighted by Crippen LogP contribution is -2.40. The number of aliphatic hydroxyl groups excluding tert-OH is 1. The third-order valence-corrected chi connectivity index (χ3v) is 3.36. The van der Waals surface area contributed by atoms with Crippen molar-refractivity contribution in [3.8, 4) is 0 Å². The molecule has 0 aromatic carbocycles. The molecule has 0 aromatic rings. The molecule has 2 fully saturated rings. The van der Waals surface area contributed by atoms with E-state index < -0.39 is 0 Å². The highest BCUT2D eigenvalue weighted by molar-refractivity contribution is 5.86. The maximum atomic E-state index is 8.68. The second-order valence-electron chi connectivity index (χ2n) is 4.13. The molecule has 74 valence electrons. The zero-order valence-electron chi connectivity index (χ0n) is 8.24. The Kier molecular flexibility index (Phi) is 2.65. The molecule has 1 N–H and O–H groups in total. The zero-order chi connectivity index (χ0) is 9.26. The van der Waals surface area contributed by atoms with Gasteiger partial charge < -0.3 is 5.11 Å². The van der Waals surface area contributed by atoms with Crippen LogP contribution in [0.1, 0.15) is 25.7 Å². The molecule has 3 nitrogen and oxygen atoms in total. The van der Waals surface area contributed by atoms with Crippen molar-refractivity contribution in [3.05, 3.63) is 0 Å². The maximum absolute atomic E-state index is 8.68. The number of rotatable bonds is 2. The monoisotopic (exact) mass is 182 g/mol. The summed E-state index contributed by atoms with van der Waals surface area (Å²) in [5, 5.41) is 8.68. The minimum Gasteiger partial charge on any atom is -0.394 e. The van der Waals surface area contributed by atoms with E-state index >= 15 is 0 Å². The van der Waals surface area contributed by atoms with Gasteiger partial charge in [0.05, 0.1) is 13.2 Å². The SMILES string of the molecule is CN1[C@@H]2CC[C@H]1CC(=NCCO)C2. The highest BCUT2D eigenvalue weighted by atomic mass is 16.3. The van der Waals surface area contributed by atoms with Crippen LogP contribution in [0.25, 0.3) is 0 Å². The number of nitrogens with zero attached hydrogens (tertiary/aromatic N) is 2. The Morgan fingerprint density at radius 2 is 2.00 bits per heavy atom. The highest BCUT2D eigenvalue weighted by Crippen LogP contribution is 2.32. The molecule has 0 unspecified atom stereocenters. The van der Waals surface area contributed by atoms with Crippen LogP contribution in [0.15, 0.2) is 4.99 Å². The van der Waals surface area contributed by atoms with Crippen molar-refractivity contribution in [3.63, 3.8) is 0 Å². The van der Waals surface area contributed by atoms with E-state index in [9.17, 15) is 0 Å². The van der Waals surface area contributed by atoms with Crippen molar-refractivity contribution in [2.75, 3.05) is 20.2 Å². The largest absolute Gasteiger partial charge is 0.394 e. The maximum Gasteiger partial charge on any atom is 0.0626 e. The summed E-state index contributed by atoms with van der Waals surface area (Å²) in [5.41, 5.74) is 1.33. The number of aliphatic hydroxyl groups is 1. The summed E-state index contributed by atoms with van der Waals surface area (Å²) < 4.78 is 0. The molecule has 0 aliphatic carbocycles. The summed E-state index contributed by atoms with van der Waals surface area (Å²) in [6.45, 7) is 0.785. The quantitative estimate of drug-likeness (QED) is 0.681. The van der Waals surface area contributed by atoms with Crippen molar-refractivity contribution in [1.82, 2.24) is 4.90 Å². The fraction of sp³-hybridized carbons (Fsp3) is 0.900. The van der Waals surface area contributed by atoms with E-state index in [-0.39, 0.29) is 6.61 Å². The van der Waals surface area contributed by atoms with Crippen LogP contribution < -0.4 is 0 Å². The van der Waals surface area contributed by atoms with E-state index in [1.165, 1.54) is 18.6 Å². The van der Waals surface area contributed by atoms with E-state index in [1.807, 2.05) is 0 Å². The van der Waals surface area contributed by atoms with Crippen LogP contribution in [0.5, 0.6) is 0 Å². The van der Waals surface area contributed by atoms with Gasteiger partial charge in [-0.1, -0.05) is 0 Å². The molecular weight excluding hydrogens is 164 g/mol. The molecule has 0 spiro atoms. The first kappa shape index (κ1) is 9.16. The van der Waals surface area contributed by atoms with Crippen LogP contribution in [0, 0.1) is 0 Å². The standard InChI is InChI=1S/C10H18N2O/c1-12-9-2-3-10(12)7-8(6-9)11-4-5-13/h9-10,13H,2-7H2,1H3/t9-,10+. The molecule has 2 rings (SSSR count). The summed E-state index contributed by atoms with van der Waals surface area (Å²) in [6.07, 6.45) is 4.93. The lowest BCUT2D eigenvalue weighted by Gasteiger charge is -2.31. The molecule has 2 atom stereocenters. The van der Waals surface area contributed by atoms with Crippen molar-refractivity contribution in [2.45, 2.75) is 37.8 Å². The number of piperidine rings is 1. The summed E-state index contributed by atoms with van der Waals surface area (Å²) in [7, 11) is 2.23. The molecule has 2 saturated heterocycles. The van der Waals surface area contributed by atoms with Crippen LogP contribution in [-0.4, -0.2) is 48.0 Å². The van der Waals surface area contributed by atoms with Crippen LogP contribution in [0.4, 0.5) is 0 Å². The highest BCUT2D eigenvalue weighted by Gasteiger charge is 2.36. The third kappa shape index (κ3) is 1.76. The molecule has 0 saturated carbocycles. The second kappa shape index (κ2) is 3.76. The topological polar surface area (TPSA) is 35.8 Å². The Morgan fingerprint density at radius 3 is 2.54 bits per heavy atom. The van der Waals surface area contributed by atoms with Crippen LogP contribution in [-0.2, 0) is 0 Å². The Balaban J connectivity index is 1.98. The molecule has 0 radical (unpaired) electrons. The summed E-state index contributed by atoms with van der Waals surface area (Å²) >= 11 is 0. The minimum atomic E-state index is 0.189. The Hall–Kier alpha value is -0.410. The van der Waals surface area contributed by atoms with Gasteiger partial charge in [0.1, 0.15) is 0 Å². The smallest absolute Gasteiger partial charge is 0.0626 e. The van der Waals surface area contributed by atoms with Gasteiger partial charge in [0.15, 0.2) is 0 Å². The number of aliphatic imine (C=N–C) groups is 1. The number of fused-ring (bicyclic) bond motifs is 2. The first-order chi connectivity index (χ1) is 6.31. The Morgan fingerprint density at radius 1 is 1.38 bits per heavy atom. The van der Waals surface area contributed by atoms with Crippen molar-refractivity contribution < 1.29 is 5.11 Å².